The Bertz CT molecular complexity index is 1510. The normalized spacial score (nSPS) is 11.9. The largest absolute Gasteiger partial charge is 0.422 e. The van der Waals surface area contributed by atoms with Crippen LogP contribution in [0.1, 0.15) is 5.01 Å². The first-order valence-corrected chi connectivity index (χ1v) is 11.3. The molecule has 0 bridgehead atoms. The van der Waals surface area contributed by atoms with Crippen LogP contribution in [0.2, 0.25) is 0 Å². The van der Waals surface area contributed by atoms with Gasteiger partial charge in [0.25, 0.3) is 0 Å². The van der Waals surface area contributed by atoms with Crippen LogP contribution in [0.4, 0.5) is 5.69 Å². The predicted octanol–water partition coefficient (Wildman–Crippen LogP) is 3.54. The molecule has 10 heteroatoms. The number of benzene rings is 2. The maximum Gasteiger partial charge on any atom is 0.345 e. The van der Waals surface area contributed by atoms with Gasteiger partial charge in [-0.1, -0.05) is 18.2 Å². The standard InChI is InChI=1S/C21H14N4O4S2/c22-10-14(11-24-15-5-7-16(8-6-15)31(23,27)28)20-25-18(12-30-20)17-9-13-3-1-2-4-19(13)29-21(17)26/h1-9,11-12,24H,(H2,23,27,28)/b14-11+. The van der Waals surface area contributed by atoms with Crippen LogP contribution in [0.15, 0.2) is 80.3 Å². The lowest BCUT2D eigenvalue weighted by atomic mass is 10.1. The summed E-state index contributed by atoms with van der Waals surface area (Å²) in [5.41, 5.74) is 1.51. The van der Waals surface area contributed by atoms with Crippen LogP contribution in [0.25, 0.3) is 27.8 Å². The van der Waals surface area contributed by atoms with E-state index in [1.807, 2.05) is 12.1 Å². The zero-order chi connectivity index (χ0) is 22.0. The van der Waals surface area contributed by atoms with Crippen molar-refractivity contribution in [1.82, 2.24) is 4.98 Å². The van der Waals surface area contributed by atoms with Crippen molar-refractivity contribution in [3.63, 3.8) is 0 Å². The van der Waals surface area contributed by atoms with Crippen LogP contribution >= 0.6 is 11.3 Å². The number of aromatic nitrogens is 1. The number of nitrogens with one attached hydrogen (secondary N) is 1. The lowest BCUT2D eigenvalue weighted by Crippen LogP contribution is -2.11. The average Bonchev–Trinajstić information content (AvgIpc) is 3.23. The highest BCUT2D eigenvalue weighted by Crippen LogP contribution is 2.26. The number of nitrogens with two attached hydrogens (primary N) is 1. The van der Waals surface area contributed by atoms with Crippen molar-refractivity contribution >= 4 is 43.6 Å². The third kappa shape index (κ3) is 4.39. The summed E-state index contributed by atoms with van der Waals surface area (Å²) in [6.45, 7) is 0. The van der Waals surface area contributed by atoms with Gasteiger partial charge < -0.3 is 9.73 Å². The van der Waals surface area contributed by atoms with Gasteiger partial charge in [-0.05, 0) is 36.4 Å². The number of nitrogens with zero attached hydrogens (tertiary/aromatic N) is 2. The monoisotopic (exact) mass is 450 g/mol. The zero-order valence-corrected chi connectivity index (χ0v) is 17.4. The van der Waals surface area contributed by atoms with Crippen molar-refractivity contribution in [1.29, 1.82) is 5.26 Å². The molecule has 4 rings (SSSR count). The van der Waals surface area contributed by atoms with Gasteiger partial charge in [-0.25, -0.2) is 23.3 Å². The number of thiazole rings is 1. The van der Waals surface area contributed by atoms with E-state index in [1.54, 1.807) is 23.6 Å². The van der Waals surface area contributed by atoms with Gasteiger partial charge >= 0.3 is 5.63 Å². The van der Waals surface area contributed by atoms with Gasteiger partial charge in [-0.2, -0.15) is 5.26 Å². The van der Waals surface area contributed by atoms with E-state index in [4.69, 9.17) is 9.56 Å². The Labute approximate surface area is 181 Å². The second kappa shape index (κ2) is 8.16. The molecule has 0 aliphatic carbocycles. The summed E-state index contributed by atoms with van der Waals surface area (Å²) in [6.07, 6.45) is 1.46. The van der Waals surface area contributed by atoms with E-state index in [0.717, 1.165) is 5.39 Å². The summed E-state index contributed by atoms with van der Waals surface area (Å²) < 4.78 is 28.0. The highest BCUT2D eigenvalue weighted by atomic mass is 32.2. The molecule has 0 atom stereocenters. The van der Waals surface area contributed by atoms with E-state index in [0.29, 0.717) is 27.5 Å². The highest BCUT2D eigenvalue weighted by Gasteiger charge is 2.14. The zero-order valence-electron chi connectivity index (χ0n) is 15.8. The molecule has 31 heavy (non-hydrogen) atoms. The summed E-state index contributed by atoms with van der Waals surface area (Å²) in [5.74, 6) is 0. The second-order valence-electron chi connectivity index (χ2n) is 6.41. The molecule has 0 fully saturated rings. The van der Waals surface area contributed by atoms with Gasteiger partial charge in [-0.3, -0.25) is 0 Å². The topological polar surface area (TPSA) is 139 Å². The van der Waals surface area contributed by atoms with Crippen LogP contribution < -0.4 is 16.1 Å². The summed E-state index contributed by atoms with van der Waals surface area (Å²) in [5, 5.41) is 20.4. The fraction of sp³-hybridized carbons (Fsp3) is 0. The molecule has 0 unspecified atom stereocenters. The van der Waals surface area contributed by atoms with Gasteiger partial charge in [0.05, 0.1) is 16.2 Å². The number of hydrogen-bond acceptors (Lipinski definition) is 8. The van der Waals surface area contributed by atoms with Crippen molar-refractivity contribution in [2.45, 2.75) is 4.90 Å². The Morgan fingerprint density at radius 2 is 1.94 bits per heavy atom. The Morgan fingerprint density at radius 1 is 1.19 bits per heavy atom. The number of hydrogen-bond donors (Lipinski definition) is 2. The molecule has 0 aliphatic rings. The van der Waals surface area contributed by atoms with Gasteiger partial charge in [0.15, 0.2) is 0 Å². The van der Waals surface area contributed by atoms with Crippen molar-refractivity contribution in [3.8, 4) is 17.3 Å². The quantitative estimate of drug-likeness (QED) is 0.350. The molecule has 2 aromatic carbocycles. The van der Waals surface area contributed by atoms with Crippen LogP contribution in [-0.2, 0) is 10.0 Å². The third-order valence-electron chi connectivity index (χ3n) is 4.34. The molecule has 0 amide bonds. The molecule has 0 saturated carbocycles. The van der Waals surface area contributed by atoms with Gasteiger partial charge in [0.1, 0.15) is 22.2 Å². The summed E-state index contributed by atoms with van der Waals surface area (Å²) >= 11 is 1.21. The molecule has 0 spiro atoms. The molecule has 0 aliphatic heterocycles. The summed E-state index contributed by atoms with van der Waals surface area (Å²) in [4.78, 5) is 16.7. The van der Waals surface area contributed by atoms with Gasteiger partial charge in [0, 0.05) is 22.7 Å². The Kier molecular flexibility index (Phi) is 5.39. The van der Waals surface area contributed by atoms with Crippen LogP contribution in [0.5, 0.6) is 0 Å². The molecule has 8 nitrogen and oxygen atoms in total. The summed E-state index contributed by atoms with van der Waals surface area (Å²) in [7, 11) is -3.78. The molecule has 3 N–H and O–H groups in total. The predicted molar refractivity (Wildman–Crippen MR) is 119 cm³/mol. The number of primary sulfonamides is 1. The average molecular weight is 451 g/mol. The molecule has 4 aromatic rings. The first-order valence-electron chi connectivity index (χ1n) is 8.84. The van der Waals surface area contributed by atoms with Crippen molar-refractivity contribution < 1.29 is 12.8 Å². The maximum absolute atomic E-state index is 12.3. The molecule has 2 aromatic heterocycles. The molecular formula is C21H14N4O4S2. The highest BCUT2D eigenvalue weighted by molar-refractivity contribution is 7.89. The number of rotatable bonds is 5. The fourth-order valence-corrected chi connectivity index (χ4v) is 4.10. The maximum atomic E-state index is 12.3. The minimum absolute atomic E-state index is 0.0127. The molecule has 154 valence electrons. The molecular weight excluding hydrogens is 436 g/mol. The molecule has 0 radical (unpaired) electrons. The van der Waals surface area contributed by atoms with E-state index in [9.17, 15) is 18.5 Å². The number of anilines is 1. The van der Waals surface area contributed by atoms with Gasteiger partial charge in [-0.15, -0.1) is 11.3 Å². The van der Waals surface area contributed by atoms with Crippen LogP contribution in [0.3, 0.4) is 0 Å². The molecule has 0 saturated heterocycles. The SMILES string of the molecule is N#C/C(=C\Nc1ccc(S(N)(=O)=O)cc1)c1nc(-c2cc3ccccc3oc2=O)cs1. The lowest BCUT2D eigenvalue weighted by molar-refractivity contribution is 0.563. The number of nitriles is 1. The summed E-state index contributed by atoms with van der Waals surface area (Å²) in [6, 6.07) is 16.7. The van der Waals surface area contributed by atoms with Crippen molar-refractivity contribution in [3.05, 3.63) is 81.6 Å². The number of allylic oxidation sites excluding steroid dienone is 1. The minimum Gasteiger partial charge on any atom is -0.422 e. The van der Waals surface area contributed by atoms with Crippen LogP contribution in [0, 0.1) is 11.3 Å². The van der Waals surface area contributed by atoms with Gasteiger partial charge in [0.2, 0.25) is 10.0 Å². The van der Waals surface area contributed by atoms with E-state index in [-0.39, 0.29) is 10.5 Å². The van der Waals surface area contributed by atoms with E-state index in [1.165, 1.54) is 41.8 Å². The van der Waals surface area contributed by atoms with Crippen LogP contribution in [-0.4, -0.2) is 13.4 Å². The third-order valence-corrected chi connectivity index (χ3v) is 6.14. The van der Waals surface area contributed by atoms with E-state index >= 15 is 0 Å². The Morgan fingerprint density at radius 3 is 2.65 bits per heavy atom. The fourth-order valence-electron chi connectivity index (χ4n) is 2.80. The number of para-hydroxylation sites is 1. The van der Waals surface area contributed by atoms with Crippen molar-refractivity contribution in [2.75, 3.05) is 5.32 Å². The number of sulfonamides is 1. The second-order valence-corrected chi connectivity index (χ2v) is 8.83. The Hall–Kier alpha value is -3.78. The Balaban J connectivity index is 1.61. The van der Waals surface area contributed by atoms with Crippen molar-refractivity contribution in [2.24, 2.45) is 5.14 Å². The minimum atomic E-state index is -3.78. The smallest absolute Gasteiger partial charge is 0.345 e. The van der Waals surface area contributed by atoms with E-state index < -0.39 is 15.6 Å². The van der Waals surface area contributed by atoms with E-state index in [2.05, 4.69) is 16.4 Å². The molecule has 2 heterocycles. The lowest BCUT2D eigenvalue weighted by Gasteiger charge is -2.03. The first kappa shape index (κ1) is 20.5. The number of fused-ring (bicyclic) bond motifs is 1. The first-order chi connectivity index (χ1) is 14.8.